The number of aryl methyl sites for hydroxylation is 1. The fourth-order valence-corrected chi connectivity index (χ4v) is 3.13. The summed E-state index contributed by atoms with van der Waals surface area (Å²) in [4.78, 5) is 2.36. The topological polar surface area (TPSA) is 54.4 Å². The summed E-state index contributed by atoms with van der Waals surface area (Å²) >= 11 is 0. The number of hydrogen-bond donors (Lipinski definition) is 1. The molecule has 0 unspecified atom stereocenters. The van der Waals surface area contributed by atoms with Gasteiger partial charge in [0.25, 0.3) is 0 Å². The second kappa shape index (κ2) is 8.14. The van der Waals surface area contributed by atoms with Crippen LogP contribution in [0.25, 0.3) is 0 Å². The minimum Gasteiger partial charge on any atom is -0.468 e. The van der Waals surface area contributed by atoms with Crippen molar-refractivity contribution in [1.82, 2.24) is 14.7 Å². The van der Waals surface area contributed by atoms with Crippen molar-refractivity contribution in [2.24, 2.45) is 0 Å². The molecule has 5 heteroatoms. The standard InChI is InChI=1S/C20H25N3O2/c1-16-20(17(2)23(21-16)10-11-24)15-22(14-19-9-6-12-25-19)13-18-7-4-3-5-8-18/h3-9,12,24H,10-11,13-15H2,1-2H3. The summed E-state index contributed by atoms with van der Waals surface area (Å²) in [7, 11) is 0. The number of hydrogen-bond acceptors (Lipinski definition) is 4. The summed E-state index contributed by atoms with van der Waals surface area (Å²) in [5.74, 6) is 0.953. The van der Waals surface area contributed by atoms with Gasteiger partial charge in [0, 0.05) is 24.3 Å². The molecule has 3 rings (SSSR count). The predicted molar refractivity (Wildman–Crippen MR) is 96.9 cm³/mol. The van der Waals surface area contributed by atoms with Gasteiger partial charge in [-0.2, -0.15) is 5.10 Å². The maximum Gasteiger partial charge on any atom is 0.117 e. The molecule has 1 N–H and O–H groups in total. The van der Waals surface area contributed by atoms with Gasteiger partial charge in [-0.05, 0) is 31.5 Å². The number of aliphatic hydroxyl groups is 1. The van der Waals surface area contributed by atoms with Crippen molar-refractivity contribution in [2.45, 2.75) is 40.0 Å². The number of furan rings is 1. The molecule has 2 aromatic heterocycles. The Kier molecular flexibility index (Phi) is 5.68. The van der Waals surface area contributed by atoms with Gasteiger partial charge < -0.3 is 9.52 Å². The van der Waals surface area contributed by atoms with Crippen molar-refractivity contribution in [3.05, 3.63) is 77.0 Å². The summed E-state index contributed by atoms with van der Waals surface area (Å²) in [6.07, 6.45) is 1.71. The molecule has 2 heterocycles. The average molecular weight is 339 g/mol. The monoisotopic (exact) mass is 339 g/mol. The van der Waals surface area contributed by atoms with Gasteiger partial charge in [-0.15, -0.1) is 0 Å². The van der Waals surface area contributed by atoms with Crippen LogP contribution in [0.1, 0.15) is 28.3 Å². The number of rotatable bonds is 8. The summed E-state index contributed by atoms with van der Waals surface area (Å²) in [5.41, 5.74) is 4.62. The minimum atomic E-state index is 0.0987. The Bertz CT molecular complexity index is 779. The molecule has 5 nitrogen and oxygen atoms in total. The lowest BCUT2D eigenvalue weighted by molar-refractivity contribution is 0.225. The van der Waals surface area contributed by atoms with Crippen molar-refractivity contribution in [2.75, 3.05) is 6.61 Å². The molecule has 25 heavy (non-hydrogen) atoms. The normalized spacial score (nSPS) is 11.4. The van der Waals surface area contributed by atoms with Crippen LogP contribution in [-0.4, -0.2) is 26.4 Å². The zero-order valence-corrected chi connectivity index (χ0v) is 14.9. The molecule has 0 bridgehead atoms. The van der Waals surface area contributed by atoms with E-state index in [4.69, 9.17) is 4.42 Å². The van der Waals surface area contributed by atoms with Crippen LogP contribution in [0.3, 0.4) is 0 Å². The van der Waals surface area contributed by atoms with Crippen LogP contribution in [0.15, 0.2) is 53.1 Å². The second-order valence-electron chi connectivity index (χ2n) is 6.31. The zero-order chi connectivity index (χ0) is 17.6. The van der Waals surface area contributed by atoms with Gasteiger partial charge in [-0.25, -0.2) is 0 Å². The molecule has 3 aromatic rings. The first-order valence-electron chi connectivity index (χ1n) is 8.59. The third-order valence-corrected chi connectivity index (χ3v) is 4.43. The average Bonchev–Trinajstić information content (AvgIpc) is 3.20. The van der Waals surface area contributed by atoms with E-state index in [1.807, 2.05) is 29.8 Å². The third-order valence-electron chi connectivity index (χ3n) is 4.43. The largest absolute Gasteiger partial charge is 0.468 e. The lowest BCUT2D eigenvalue weighted by atomic mass is 10.1. The molecule has 0 aliphatic heterocycles. The van der Waals surface area contributed by atoms with E-state index in [1.165, 1.54) is 11.1 Å². The smallest absolute Gasteiger partial charge is 0.117 e. The van der Waals surface area contributed by atoms with Crippen LogP contribution in [-0.2, 0) is 26.2 Å². The van der Waals surface area contributed by atoms with E-state index >= 15 is 0 Å². The fourth-order valence-electron chi connectivity index (χ4n) is 3.13. The molecule has 0 aliphatic rings. The zero-order valence-electron chi connectivity index (χ0n) is 14.9. The van der Waals surface area contributed by atoms with Crippen LogP contribution in [0, 0.1) is 13.8 Å². The molecule has 0 fully saturated rings. The molecule has 0 saturated carbocycles. The molecular weight excluding hydrogens is 314 g/mol. The Balaban J connectivity index is 1.82. The SMILES string of the molecule is Cc1nn(CCO)c(C)c1CN(Cc1ccccc1)Cc1ccco1. The summed E-state index contributed by atoms with van der Waals surface area (Å²) in [6, 6.07) is 14.4. The number of aliphatic hydroxyl groups excluding tert-OH is 1. The summed E-state index contributed by atoms with van der Waals surface area (Å²) in [6.45, 7) is 7.10. The molecule has 0 radical (unpaired) electrons. The van der Waals surface area contributed by atoms with Crippen LogP contribution in [0.5, 0.6) is 0 Å². The fraction of sp³-hybridized carbons (Fsp3) is 0.350. The highest BCUT2D eigenvalue weighted by Gasteiger charge is 2.16. The van der Waals surface area contributed by atoms with Gasteiger partial charge >= 0.3 is 0 Å². The van der Waals surface area contributed by atoms with E-state index in [1.54, 1.807) is 6.26 Å². The Morgan fingerprint density at radius 2 is 1.84 bits per heavy atom. The highest BCUT2D eigenvalue weighted by molar-refractivity contribution is 5.25. The van der Waals surface area contributed by atoms with Crippen LogP contribution in [0.2, 0.25) is 0 Å². The third kappa shape index (κ3) is 4.38. The molecule has 0 spiro atoms. The Morgan fingerprint density at radius 1 is 1.04 bits per heavy atom. The van der Waals surface area contributed by atoms with Crippen LogP contribution >= 0.6 is 0 Å². The van der Waals surface area contributed by atoms with E-state index < -0.39 is 0 Å². The van der Waals surface area contributed by atoms with Gasteiger partial charge in [0.2, 0.25) is 0 Å². The summed E-state index contributed by atoms with van der Waals surface area (Å²) < 4.78 is 7.44. The lowest BCUT2D eigenvalue weighted by Gasteiger charge is -2.22. The first-order valence-corrected chi connectivity index (χ1v) is 8.59. The Morgan fingerprint density at radius 3 is 2.52 bits per heavy atom. The van der Waals surface area contributed by atoms with E-state index in [0.29, 0.717) is 6.54 Å². The van der Waals surface area contributed by atoms with E-state index in [-0.39, 0.29) is 6.61 Å². The van der Waals surface area contributed by atoms with E-state index in [0.717, 1.165) is 36.8 Å². The van der Waals surface area contributed by atoms with Gasteiger partial charge in [-0.1, -0.05) is 30.3 Å². The highest BCUT2D eigenvalue weighted by atomic mass is 16.3. The lowest BCUT2D eigenvalue weighted by Crippen LogP contribution is -2.23. The van der Waals surface area contributed by atoms with Gasteiger partial charge in [-0.3, -0.25) is 9.58 Å². The van der Waals surface area contributed by atoms with Crippen molar-refractivity contribution >= 4 is 0 Å². The van der Waals surface area contributed by atoms with Crippen LogP contribution < -0.4 is 0 Å². The van der Waals surface area contributed by atoms with Crippen molar-refractivity contribution in [1.29, 1.82) is 0 Å². The van der Waals surface area contributed by atoms with E-state index in [9.17, 15) is 5.11 Å². The Hall–Kier alpha value is -2.37. The maximum atomic E-state index is 9.21. The van der Waals surface area contributed by atoms with Crippen molar-refractivity contribution in [3.63, 3.8) is 0 Å². The summed E-state index contributed by atoms with van der Waals surface area (Å²) in [5, 5.41) is 13.8. The predicted octanol–water partition coefficient (Wildman–Crippen LogP) is 3.29. The molecule has 0 aliphatic carbocycles. The van der Waals surface area contributed by atoms with Gasteiger partial charge in [0.15, 0.2) is 0 Å². The molecule has 0 saturated heterocycles. The van der Waals surface area contributed by atoms with Gasteiger partial charge in [0.05, 0.1) is 31.7 Å². The van der Waals surface area contributed by atoms with Gasteiger partial charge in [0.1, 0.15) is 5.76 Å². The van der Waals surface area contributed by atoms with Crippen LogP contribution in [0.4, 0.5) is 0 Å². The van der Waals surface area contributed by atoms with Crippen molar-refractivity contribution < 1.29 is 9.52 Å². The first kappa shape index (κ1) is 17.5. The highest BCUT2D eigenvalue weighted by Crippen LogP contribution is 2.19. The first-order chi connectivity index (χ1) is 12.2. The number of nitrogens with zero attached hydrogens (tertiary/aromatic N) is 3. The maximum absolute atomic E-state index is 9.21. The molecule has 0 atom stereocenters. The van der Waals surface area contributed by atoms with Crippen molar-refractivity contribution in [3.8, 4) is 0 Å². The second-order valence-corrected chi connectivity index (χ2v) is 6.31. The molecule has 132 valence electrons. The van der Waals surface area contributed by atoms with E-state index in [2.05, 4.69) is 41.2 Å². The molecule has 1 aromatic carbocycles. The molecule has 0 amide bonds. The minimum absolute atomic E-state index is 0.0987. The Labute approximate surface area is 148 Å². The molecular formula is C20H25N3O2. The quantitative estimate of drug-likeness (QED) is 0.684. The number of benzene rings is 1. The number of aromatic nitrogens is 2.